The molecule has 0 N–H and O–H groups in total. The van der Waals surface area contributed by atoms with Crippen LogP contribution in [0, 0.1) is 0 Å². The first kappa shape index (κ1) is 29.1. The number of benzene rings is 3. The quantitative estimate of drug-likeness (QED) is 0.172. The highest BCUT2D eigenvalue weighted by atomic mass is 35.5. The van der Waals surface area contributed by atoms with Crippen LogP contribution in [-0.4, -0.2) is 63.8 Å². The molecule has 1 fully saturated rings. The van der Waals surface area contributed by atoms with Gasteiger partial charge in [0.1, 0.15) is 17.8 Å². The van der Waals surface area contributed by atoms with Crippen LogP contribution in [0.25, 0.3) is 5.69 Å². The normalized spacial score (nSPS) is 13.4. The number of piperazine rings is 1. The van der Waals surface area contributed by atoms with Gasteiger partial charge in [0.05, 0.1) is 28.6 Å². The van der Waals surface area contributed by atoms with Crippen LogP contribution in [0.1, 0.15) is 27.8 Å². The van der Waals surface area contributed by atoms with Crippen LogP contribution in [0.3, 0.4) is 0 Å². The van der Waals surface area contributed by atoms with Gasteiger partial charge in [0.15, 0.2) is 10.9 Å². The zero-order chi connectivity index (χ0) is 29.8. The van der Waals surface area contributed by atoms with Gasteiger partial charge < -0.3 is 19.0 Å². The van der Waals surface area contributed by atoms with Crippen molar-refractivity contribution in [2.75, 3.05) is 38.2 Å². The number of rotatable bonds is 9. The number of methoxy groups -OCH3 is 1. The van der Waals surface area contributed by atoms with E-state index in [1.807, 2.05) is 70.1 Å². The number of hydrogen-bond acceptors (Lipinski definition) is 8. The van der Waals surface area contributed by atoms with Gasteiger partial charge in [0, 0.05) is 38.3 Å². The molecule has 0 saturated carbocycles. The van der Waals surface area contributed by atoms with Crippen LogP contribution >= 0.6 is 35.0 Å². The molecule has 0 unspecified atom stereocenters. The van der Waals surface area contributed by atoms with Crippen LogP contribution in [0.15, 0.2) is 88.6 Å². The lowest BCUT2D eigenvalue weighted by Gasteiger charge is -2.35. The predicted octanol–water partition coefficient (Wildman–Crippen LogP) is 6.42. The number of hydrogen-bond donors (Lipinski definition) is 0. The Morgan fingerprint density at radius 3 is 2.40 bits per heavy atom. The van der Waals surface area contributed by atoms with Gasteiger partial charge >= 0.3 is 0 Å². The summed E-state index contributed by atoms with van der Waals surface area (Å²) in [4.78, 5) is 21.8. The van der Waals surface area contributed by atoms with E-state index in [1.54, 1.807) is 19.2 Å². The second-order valence-corrected chi connectivity index (χ2v) is 11.6. The molecule has 12 heteroatoms. The molecule has 6 rings (SSSR count). The van der Waals surface area contributed by atoms with Crippen LogP contribution in [0.4, 0.5) is 5.69 Å². The van der Waals surface area contributed by atoms with Gasteiger partial charge in [-0.25, -0.2) is 4.98 Å². The van der Waals surface area contributed by atoms with Crippen molar-refractivity contribution in [3.05, 3.63) is 112 Å². The zero-order valence-corrected chi connectivity index (χ0v) is 25.6. The van der Waals surface area contributed by atoms with Gasteiger partial charge in [-0.15, -0.1) is 10.2 Å². The molecule has 1 saturated heterocycles. The third-order valence-corrected chi connectivity index (χ3v) is 8.82. The van der Waals surface area contributed by atoms with Crippen molar-refractivity contribution in [1.82, 2.24) is 24.6 Å². The lowest BCUT2D eigenvalue weighted by atomic mass is 10.1. The van der Waals surface area contributed by atoms with E-state index >= 15 is 0 Å². The van der Waals surface area contributed by atoms with E-state index in [0.29, 0.717) is 52.0 Å². The lowest BCUT2D eigenvalue weighted by Crippen LogP contribution is -2.48. The van der Waals surface area contributed by atoms with E-state index in [2.05, 4.69) is 20.1 Å². The SMILES string of the molecule is COc1ccc(N2CCN(C(=O)c3coc(CSc4nnc(Cc5ccccc5)n4-c4ccc(Cl)c(Cl)c4)n3)CC2)cc1. The van der Waals surface area contributed by atoms with Gasteiger partial charge in [-0.2, -0.15) is 0 Å². The molecular weight excluding hydrogens is 607 g/mol. The number of carbonyl (C=O) groups is 1. The first-order valence-electron chi connectivity index (χ1n) is 13.7. The largest absolute Gasteiger partial charge is 0.497 e. The van der Waals surface area contributed by atoms with Crippen molar-refractivity contribution in [2.24, 2.45) is 0 Å². The number of thioether (sulfide) groups is 1. The molecule has 0 bridgehead atoms. The Bertz CT molecular complexity index is 1700. The highest BCUT2D eigenvalue weighted by Crippen LogP contribution is 2.30. The maximum atomic E-state index is 13.2. The second-order valence-electron chi connectivity index (χ2n) is 9.89. The molecule has 2 aromatic heterocycles. The molecule has 1 amide bonds. The Kier molecular flexibility index (Phi) is 8.87. The van der Waals surface area contributed by atoms with Crippen molar-refractivity contribution < 1.29 is 13.9 Å². The predicted molar refractivity (Wildman–Crippen MR) is 168 cm³/mol. The lowest BCUT2D eigenvalue weighted by molar-refractivity contribution is 0.0741. The molecule has 9 nitrogen and oxygen atoms in total. The third-order valence-electron chi connectivity index (χ3n) is 7.17. The summed E-state index contributed by atoms with van der Waals surface area (Å²) in [5, 5.41) is 10.5. The Morgan fingerprint density at radius 1 is 0.930 bits per heavy atom. The Labute approximate surface area is 263 Å². The molecule has 220 valence electrons. The molecule has 0 aliphatic carbocycles. The maximum absolute atomic E-state index is 13.2. The minimum absolute atomic E-state index is 0.140. The zero-order valence-electron chi connectivity index (χ0n) is 23.3. The fraction of sp³-hybridized carbons (Fsp3) is 0.226. The van der Waals surface area contributed by atoms with Gasteiger partial charge in [0.25, 0.3) is 5.91 Å². The van der Waals surface area contributed by atoms with Gasteiger partial charge in [-0.1, -0.05) is 65.3 Å². The average Bonchev–Trinajstić information content (AvgIpc) is 3.69. The van der Waals surface area contributed by atoms with Gasteiger partial charge in [-0.3, -0.25) is 9.36 Å². The van der Waals surface area contributed by atoms with E-state index in [9.17, 15) is 4.79 Å². The topological polar surface area (TPSA) is 89.5 Å². The van der Waals surface area contributed by atoms with E-state index in [1.165, 1.54) is 18.0 Å². The molecule has 3 aromatic carbocycles. The van der Waals surface area contributed by atoms with Crippen LogP contribution in [-0.2, 0) is 12.2 Å². The Hall–Kier alpha value is -3.99. The molecule has 1 aliphatic rings. The van der Waals surface area contributed by atoms with Crippen LogP contribution in [0.2, 0.25) is 10.0 Å². The third kappa shape index (κ3) is 6.66. The number of aromatic nitrogens is 4. The number of halogens is 2. The molecule has 1 aliphatic heterocycles. The first-order valence-corrected chi connectivity index (χ1v) is 15.4. The molecule has 43 heavy (non-hydrogen) atoms. The summed E-state index contributed by atoms with van der Waals surface area (Å²) in [5.41, 5.74) is 3.30. The number of amides is 1. The summed E-state index contributed by atoms with van der Waals surface area (Å²) in [7, 11) is 1.65. The van der Waals surface area contributed by atoms with E-state index in [0.717, 1.165) is 41.6 Å². The summed E-state index contributed by atoms with van der Waals surface area (Å²) in [6.45, 7) is 2.65. The number of ether oxygens (including phenoxy) is 1. The molecule has 5 aromatic rings. The molecule has 0 atom stereocenters. The Morgan fingerprint density at radius 2 is 1.67 bits per heavy atom. The number of oxazole rings is 1. The average molecular weight is 636 g/mol. The minimum Gasteiger partial charge on any atom is -0.497 e. The highest BCUT2D eigenvalue weighted by Gasteiger charge is 2.25. The fourth-order valence-corrected chi connectivity index (χ4v) is 6.01. The summed E-state index contributed by atoms with van der Waals surface area (Å²) >= 11 is 14.0. The highest BCUT2D eigenvalue weighted by molar-refractivity contribution is 7.98. The molecule has 0 radical (unpaired) electrons. The number of nitrogens with zero attached hydrogens (tertiary/aromatic N) is 6. The van der Waals surface area contributed by atoms with Crippen LogP contribution in [0.5, 0.6) is 5.75 Å². The van der Waals surface area contributed by atoms with Crippen molar-refractivity contribution in [3.8, 4) is 11.4 Å². The monoisotopic (exact) mass is 634 g/mol. The van der Waals surface area contributed by atoms with Crippen molar-refractivity contribution in [3.63, 3.8) is 0 Å². The minimum atomic E-state index is -0.140. The second kappa shape index (κ2) is 13.1. The van der Waals surface area contributed by atoms with Gasteiger partial charge in [-0.05, 0) is 48.0 Å². The summed E-state index contributed by atoms with van der Waals surface area (Å²) < 4.78 is 12.9. The number of carbonyl (C=O) groups excluding carboxylic acids is 1. The summed E-state index contributed by atoms with van der Waals surface area (Å²) in [6, 6.07) is 23.4. The van der Waals surface area contributed by atoms with Gasteiger partial charge in [0.2, 0.25) is 5.89 Å². The molecule has 0 spiro atoms. The van der Waals surface area contributed by atoms with Crippen molar-refractivity contribution >= 4 is 46.6 Å². The Balaban J connectivity index is 1.12. The smallest absolute Gasteiger partial charge is 0.275 e. The van der Waals surface area contributed by atoms with E-state index in [-0.39, 0.29) is 5.91 Å². The van der Waals surface area contributed by atoms with Crippen molar-refractivity contribution in [1.29, 1.82) is 0 Å². The fourth-order valence-electron chi connectivity index (χ4n) is 4.89. The summed E-state index contributed by atoms with van der Waals surface area (Å²) in [5.74, 6) is 2.23. The van der Waals surface area contributed by atoms with Crippen molar-refractivity contribution in [2.45, 2.75) is 17.3 Å². The maximum Gasteiger partial charge on any atom is 0.275 e. The van der Waals surface area contributed by atoms with E-state index < -0.39 is 0 Å². The summed E-state index contributed by atoms with van der Waals surface area (Å²) in [6.07, 6.45) is 2.01. The molecule has 3 heterocycles. The molecular formula is C31H28Cl2N6O3S. The first-order chi connectivity index (χ1) is 21.0. The van der Waals surface area contributed by atoms with Crippen LogP contribution < -0.4 is 9.64 Å². The standard InChI is InChI=1S/C31H28Cl2N6O3S/c1-41-24-10-7-22(8-11-24)37-13-15-38(16-14-37)30(40)27-19-42-29(34-27)20-43-31-36-35-28(17-21-5-3-2-4-6-21)39(31)23-9-12-25(32)26(33)18-23/h2-12,18-19H,13-17,20H2,1H3. The van der Waals surface area contributed by atoms with E-state index in [4.69, 9.17) is 32.4 Å². The number of anilines is 1.